The minimum absolute atomic E-state index is 0.159. The Labute approximate surface area is 212 Å². The molecule has 0 bridgehead atoms. The highest BCUT2D eigenvalue weighted by atomic mass is 35.5. The van der Waals surface area contributed by atoms with Crippen molar-refractivity contribution >= 4 is 35.0 Å². The number of ether oxygens (including phenoxy) is 2. The van der Waals surface area contributed by atoms with E-state index in [1.165, 1.54) is 11.8 Å². The first-order valence-corrected chi connectivity index (χ1v) is 12.5. The molecule has 0 spiro atoms. The molecule has 178 valence electrons. The number of para-hydroxylation sites is 1. The lowest BCUT2D eigenvalue weighted by molar-refractivity contribution is -0.113. The minimum atomic E-state index is -0.159. The molecule has 4 aromatic rings. The summed E-state index contributed by atoms with van der Waals surface area (Å²) in [5.41, 5.74) is 3.68. The van der Waals surface area contributed by atoms with E-state index in [1.807, 2.05) is 41.0 Å². The highest BCUT2D eigenvalue weighted by Crippen LogP contribution is 2.35. The summed E-state index contributed by atoms with van der Waals surface area (Å²) in [6.07, 6.45) is 0. The summed E-state index contributed by atoms with van der Waals surface area (Å²) in [4.78, 5) is 12.7. The fourth-order valence-electron chi connectivity index (χ4n) is 3.85. The molecule has 1 N–H and O–H groups in total. The van der Waals surface area contributed by atoms with Gasteiger partial charge in [0.05, 0.1) is 11.4 Å². The predicted molar refractivity (Wildman–Crippen MR) is 138 cm³/mol. The average Bonchev–Trinajstić information content (AvgIpc) is 3.50. The molecule has 1 aliphatic rings. The van der Waals surface area contributed by atoms with Gasteiger partial charge in [-0.15, -0.1) is 10.2 Å². The normalized spacial score (nSPS) is 12.2. The van der Waals surface area contributed by atoms with Crippen molar-refractivity contribution in [2.45, 2.75) is 24.9 Å². The van der Waals surface area contributed by atoms with Crippen LogP contribution in [0.4, 0.5) is 5.69 Å². The summed E-state index contributed by atoms with van der Waals surface area (Å²) >= 11 is 7.43. The third kappa shape index (κ3) is 4.99. The zero-order valence-corrected chi connectivity index (χ0v) is 20.8. The first-order chi connectivity index (χ1) is 17.0. The molecule has 0 radical (unpaired) electrons. The van der Waals surface area contributed by atoms with Crippen molar-refractivity contribution in [1.82, 2.24) is 14.8 Å². The molecule has 7 nitrogen and oxygen atoms in total. The van der Waals surface area contributed by atoms with Crippen LogP contribution in [-0.2, 0) is 4.79 Å². The van der Waals surface area contributed by atoms with Crippen molar-refractivity contribution in [2.24, 2.45) is 0 Å². The zero-order valence-electron chi connectivity index (χ0n) is 19.2. The van der Waals surface area contributed by atoms with Gasteiger partial charge in [0.2, 0.25) is 12.7 Å². The number of nitrogens with one attached hydrogen (secondary N) is 1. The van der Waals surface area contributed by atoms with E-state index in [0.29, 0.717) is 39.1 Å². The lowest BCUT2D eigenvalue weighted by Crippen LogP contribution is -2.14. The van der Waals surface area contributed by atoms with Gasteiger partial charge in [-0.25, -0.2) is 0 Å². The quantitative estimate of drug-likeness (QED) is 0.302. The number of fused-ring (bicyclic) bond motifs is 1. The largest absolute Gasteiger partial charge is 0.454 e. The Morgan fingerprint density at radius 3 is 2.63 bits per heavy atom. The molecule has 1 aliphatic heterocycles. The molecule has 0 saturated carbocycles. The third-order valence-electron chi connectivity index (χ3n) is 5.52. The van der Waals surface area contributed by atoms with Gasteiger partial charge in [0, 0.05) is 22.3 Å². The summed E-state index contributed by atoms with van der Waals surface area (Å²) in [7, 11) is 0. The number of hydrogen-bond donors (Lipinski definition) is 1. The summed E-state index contributed by atoms with van der Waals surface area (Å²) in [5, 5.41) is 13.1. The Kier molecular flexibility index (Phi) is 6.66. The van der Waals surface area contributed by atoms with Crippen LogP contribution in [0, 0.1) is 0 Å². The maximum Gasteiger partial charge on any atom is 0.234 e. The Bertz CT molecular complexity index is 1370. The molecular weight excluding hydrogens is 484 g/mol. The third-order valence-corrected chi connectivity index (χ3v) is 6.71. The second-order valence-corrected chi connectivity index (χ2v) is 9.65. The highest BCUT2D eigenvalue weighted by molar-refractivity contribution is 7.99. The van der Waals surface area contributed by atoms with Crippen LogP contribution >= 0.6 is 23.4 Å². The van der Waals surface area contributed by atoms with Gasteiger partial charge >= 0.3 is 0 Å². The second-order valence-electron chi connectivity index (χ2n) is 8.27. The standard InChI is InChI=1S/C26H23ClN4O3S/c1-16(2)20-5-3-4-6-21(20)31-25(17-7-9-18(27)10-8-17)29-30-26(31)35-14-24(32)28-19-11-12-22-23(13-19)34-15-33-22/h3-13,16H,14-15H2,1-2H3,(H,28,32). The molecule has 2 heterocycles. The predicted octanol–water partition coefficient (Wildman–Crippen LogP) is 6.17. The molecule has 0 aliphatic carbocycles. The molecule has 0 unspecified atom stereocenters. The van der Waals surface area contributed by atoms with Crippen molar-refractivity contribution in [3.63, 3.8) is 0 Å². The van der Waals surface area contributed by atoms with E-state index in [9.17, 15) is 4.79 Å². The molecular formula is C26H23ClN4O3S. The zero-order chi connectivity index (χ0) is 24.4. The SMILES string of the molecule is CC(C)c1ccccc1-n1c(SCC(=O)Nc2ccc3c(c2)OCO3)nnc1-c1ccc(Cl)cc1. The van der Waals surface area contributed by atoms with Crippen LogP contribution in [0.1, 0.15) is 25.3 Å². The fraction of sp³-hybridized carbons (Fsp3) is 0.192. The molecule has 0 atom stereocenters. The first kappa shape index (κ1) is 23.3. The Morgan fingerprint density at radius 2 is 1.83 bits per heavy atom. The van der Waals surface area contributed by atoms with Crippen molar-refractivity contribution < 1.29 is 14.3 Å². The number of nitrogens with zero attached hydrogens (tertiary/aromatic N) is 3. The van der Waals surface area contributed by atoms with Crippen LogP contribution in [0.2, 0.25) is 5.02 Å². The highest BCUT2D eigenvalue weighted by Gasteiger charge is 2.21. The van der Waals surface area contributed by atoms with Gasteiger partial charge in [0.15, 0.2) is 22.5 Å². The molecule has 1 aromatic heterocycles. The van der Waals surface area contributed by atoms with Crippen molar-refractivity contribution in [3.8, 4) is 28.6 Å². The first-order valence-electron chi connectivity index (χ1n) is 11.1. The van der Waals surface area contributed by atoms with Gasteiger partial charge in [0.25, 0.3) is 0 Å². The van der Waals surface area contributed by atoms with E-state index in [-0.39, 0.29) is 18.5 Å². The maximum atomic E-state index is 12.7. The number of hydrogen-bond acceptors (Lipinski definition) is 6. The van der Waals surface area contributed by atoms with Crippen molar-refractivity contribution in [1.29, 1.82) is 0 Å². The van der Waals surface area contributed by atoms with Crippen LogP contribution < -0.4 is 14.8 Å². The second kappa shape index (κ2) is 10.0. The number of aromatic nitrogens is 3. The van der Waals surface area contributed by atoms with E-state index >= 15 is 0 Å². The lowest BCUT2D eigenvalue weighted by atomic mass is 10.0. The van der Waals surface area contributed by atoms with Gasteiger partial charge in [-0.2, -0.15) is 0 Å². The van der Waals surface area contributed by atoms with E-state index in [0.717, 1.165) is 16.8 Å². The fourth-order valence-corrected chi connectivity index (χ4v) is 4.72. The number of thioether (sulfide) groups is 1. The number of carbonyl (C=O) groups excluding carboxylic acids is 1. The van der Waals surface area contributed by atoms with Crippen molar-refractivity contribution in [3.05, 3.63) is 77.3 Å². The maximum absolute atomic E-state index is 12.7. The molecule has 5 rings (SSSR count). The molecule has 0 fully saturated rings. The van der Waals surface area contributed by atoms with E-state index in [1.54, 1.807) is 18.2 Å². The summed E-state index contributed by atoms with van der Waals surface area (Å²) in [6, 6.07) is 21.0. The van der Waals surface area contributed by atoms with Gasteiger partial charge in [0.1, 0.15) is 0 Å². The van der Waals surface area contributed by atoms with Crippen LogP contribution in [0.3, 0.4) is 0 Å². The molecule has 9 heteroatoms. The number of carbonyl (C=O) groups is 1. The van der Waals surface area contributed by atoms with E-state index in [2.05, 4.69) is 41.5 Å². The number of rotatable bonds is 7. The molecule has 0 saturated heterocycles. The summed E-state index contributed by atoms with van der Waals surface area (Å²) < 4.78 is 12.7. The average molecular weight is 507 g/mol. The van der Waals surface area contributed by atoms with E-state index in [4.69, 9.17) is 21.1 Å². The monoisotopic (exact) mass is 506 g/mol. The number of amides is 1. The van der Waals surface area contributed by atoms with Crippen LogP contribution in [-0.4, -0.2) is 33.2 Å². The van der Waals surface area contributed by atoms with Crippen LogP contribution in [0.15, 0.2) is 71.9 Å². The van der Waals surface area contributed by atoms with Crippen LogP contribution in [0.5, 0.6) is 11.5 Å². The van der Waals surface area contributed by atoms with Gasteiger partial charge in [-0.1, -0.05) is 55.4 Å². The molecule has 35 heavy (non-hydrogen) atoms. The Morgan fingerprint density at radius 1 is 1.06 bits per heavy atom. The number of benzene rings is 3. The topological polar surface area (TPSA) is 78.3 Å². The van der Waals surface area contributed by atoms with E-state index < -0.39 is 0 Å². The van der Waals surface area contributed by atoms with Gasteiger partial charge in [-0.3, -0.25) is 9.36 Å². The van der Waals surface area contributed by atoms with Crippen molar-refractivity contribution in [2.75, 3.05) is 17.9 Å². The van der Waals surface area contributed by atoms with Crippen LogP contribution in [0.25, 0.3) is 17.1 Å². The van der Waals surface area contributed by atoms with Gasteiger partial charge < -0.3 is 14.8 Å². The Balaban J connectivity index is 1.43. The number of halogens is 1. The number of anilines is 1. The minimum Gasteiger partial charge on any atom is -0.454 e. The van der Waals surface area contributed by atoms with Gasteiger partial charge in [-0.05, 0) is 53.9 Å². The molecule has 1 amide bonds. The lowest BCUT2D eigenvalue weighted by Gasteiger charge is -2.17. The summed E-state index contributed by atoms with van der Waals surface area (Å²) in [6.45, 7) is 4.49. The summed E-state index contributed by atoms with van der Waals surface area (Å²) in [5.74, 6) is 2.27. The Hall–Kier alpha value is -3.49. The molecule has 3 aromatic carbocycles. The smallest absolute Gasteiger partial charge is 0.234 e.